The summed E-state index contributed by atoms with van der Waals surface area (Å²) in [4.78, 5) is 24.3. The van der Waals surface area contributed by atoms with Gasteiger partial charge in [-0.25, -0.2) is 4.79 Å². The number of ether oxygens (including phenoxy) is 2. The van der Waals surface area contributed by atoms with Crippen LogP contribution in [0.15, 0.2) is 0 Å². The summed E-state index contributed by atoms with van der Waals surface area (Å²) in [6.07, 6.45) is 3.74. The summed E-state index contributed by atoms with van der Waals surface area (Å²) >= 11 is 0. The molecule has 0 radical (unpaired) electrons. The van der Waals surface area contributed by atoms with Gasteiger partial charge in [0.2, 0.25) is 0 Å². The molecule has 5 heteroatoms. The fraction of sp³-hybridized carbons (Fsp3) is 0.867. The van der Waals surface area contributed by atoms with Gasteiger partial charge in [-0.05, 0) is 52.4 Å². The molecule has 0 unspecified atom stereocenters. The van der Waals surface area contributed by atoms with Gasteiger partial charge in [-0.2, -0.15) is 0 Å². The summed E-state index contributed by atoms with van der Waals surface area (Å²) in [5.74, 6) is 0.397. The summed E-state index contributed by atoms with van der Waals surface area (Å²) < 4.78 is 10.3. The van der Waals surface area contributed by atoms with Crippen LogP contribution in [0.4, 0.5) is 4.79 Å². The SMILES string of the molecule is CC(=O)OCCCC1CCN(C(=O)OC(C)(C)C)CC1. The quantitative estimate of drug-likeness (QED) is 0.588. The number of carbonyl (C=O) groups is 2. The van der Waals surface area contributed by atoms with Crippen molar-refractivity contribution in [3.63, 3.8) is 0 Å². The molecule has 20 heavy (non-hydrogen) atoms. The number of hydrogen-bond acceptors (Lipinski definition) is 4. The van der Waals surface area contributed by atoms with Gasteiger partial charge in [0.1, 0.15) is 5.60 Å². The van der Waals surface area contributed by atoms with Crippen molar-refractivity contribution in [2.75, 3.05) is 19.7 Å². The number of piperidine rings is 1. The molecule has 0 aromatic heterocycles. The number of likely N-dealkylation sites (tertiary alicyclic amines) is 1. The molecule has 0 aliphatic carbocycles. The number of carbonyl (C=O) groups excluding carboxylic acids is 2. The molecule has 0 spiro atoms. The Morgan fingerprint density at radius 1 is 1.20 bits per heavy atom. The Bertz CT molecular complexity index is 327. The molecular weight excluding hydrogens is 258 g/mol. The van der Waals surface area contributed by atoms with Crippen LogP contribution in [0.1, 0.15) is 53.4 Å². The van der Waals surface area contributed by atoms with Crippen LogP contribution in [0.25, 0.3) is 0 Å². The zero-order chi connectivity index (χ0) is 15.2. The first kappa shape index (κ1) is 16.8. The van der Waals surface area contributed by atoms with Crippen LogP contribution in [-0.2, 0) is 14.3 Å². The lowest BCUT2D eigenvalue weighted by Crippen LogP contribution is -2.41. The minimum atomic E-state index is -0.433. The van der Waals surface area contributed by atoms with Gasteiger partial charge in [0.15, 0.2) is 0 Å². The Morgan fingerprint density at radius 3 is 2.30 bits per heavy atom. The van der Waals surface area contributed by atoms with Crippen LogP contribution in [0.2, 0.25) is 0 Å². The minimum Gasteiger partial charge on any atom is -0.466 e. The van der Waals surface area contributed by atoms with Crippen molar-refractivity contribution < 1.29 is 19.1 Å². The van der Waals surface area contributed by atoms with E-state index in [0.717, 1.165) is 38.8 Å². The molecule has 0 aromatic rings. The number of amides is 1. The lowest BCUT2D eigenvalue weighted by Gasteiger charge is -2.33. The Hall–Kier alpha value is -1.26. The van der Waals surface area contributed by atoms with Crippen molar-refractivity contribution in [3.8, 4) is 0 Å². The summed E-state index contributed by atoms with van der Waals surface area (Å²) in [7, 11) is 0. The third-order valence-corrected chi connectivity index (χ3v) is 3.33. The molecule has 116 valence electrons. The van der Waals surface area contributed by atoms with E-state index in [1.165, 1.54) is 6.92 Å². The molecule has 1 amide bonds. The van der Waals surface area contributed by atoms with E-state index in [4.69, 9.17) is 9.47 Å². The topological polar surface area (TPSA) is 55.8 Å². The van der Waals surface area contributed by atoms with Crippen molar-refractivity contribution >= 4 is 12.1 Å². The van der Waals surface area contributed by atoms with Gasteiger partial charge in [0.25, 0.3) is 0 Å². The second kappa shape index (κ2) is 7.50. The largest absolute Gasteiger partial charge is 0.466 e. The van der Waals surface area contributed by atoms with Crippen molar-refractivity contribution in [1.29, 1.82) is 0 Å². The van der Waals surface area contributed by atoms with Crippen molar-refractivity contribution in [1.82, 2.24) is 4.90 Å². The second-order valence-corrected chi connectivity index (χ2v) is 6.39. The van der Waals surface area contributed by atoms with Gasteiger partial charge in [-0.3, -0.25) is 4.79 Å². The van der Waals surface area contributed by atoms with Crippen molar-refractivity contribution in [3.05, 3.63) is 0 Å². The molecule has 0 saturated carbocycles. The van der Waals surface area contributed by atoms with E-state index in [0.29, 0.717) is 12.5 Å². The minimum absolute atomic E-state index is 0.212. The maximum atomic E-state index is 11.9. The predicted molar refractivity (Wildman–Crippen MR) is 76.4 cm³/mol. The van der Waals surface area contributed by atoms with E-state index in [1.807, 2.05) is 20.8 Å². The molecular formula is C15H27NO4. The fourth-order valence-electron chi connectivity index (χ4n) is 2.32. The van der Waals surface area contributed by atoms with E-state index in [1.54, 1.807) is 4.90 Å². The number of esters is 1. The first-order valence-electron chi connectivity index (χ1n) is 7.39. The average molecular weight is 285 g/mol. The highest BCUT2D eigenvalue weighted by molar-refractivity contribution is 5.68. The first-order chi connectivity index (χ1) is 9.28. The van der Waals surface area contributed by atoms with Crippen LogP contribution < -0.4 is 0 Å². The summed E-state index contributed by atoms with van der Waals surface area (Å²) in [5, 5.41) is 0. The molecule has 5 nitrogen and oxygen atoms in total. The van der Waals surface area contributed by atoms with E-state index < -0.39 is 5.60 Å². The Balaban J connectivity index is 2.19. The Morgan fingerprint density at radius 2 is 1.80 bits per heavy atom. The monoisotopic (exact) mass is 285 g/mol. The Kier molecular flexibility index (Phi) is 6.30. The molecule has 1 rings (SSSR count). The molecule has 0 N–H and O–H groups in total. The molecule has 0 atom stereocenters. The van der Waals surface area contributed by atoms with E-state index in [2.05, 4.69) is 0 Å². The van der Waals surface area contributed by atoms with E-state index >= 15 is 0 Å². The molecule has 0 bridgehead atoms. The standard InChI is InChI=1S/C15H27NO4/c1-12(17)19-11-5-6-13-7-9-16(10-8-13)14(18)20-15(2,3)4/h13H,5-11H2,1-4H3. The zero-order valence-corrected chi connectivity index (χ0v) is 13.1. The summed E-state index contributed by atoms with van der Waals surface area (Å²) in [5.41, 5.74) is -0.433. The smallest absolute Gasteiger partial charge is 0.410 e. The van der Waals surface area contributed by atoms with Gasteiger partial charge >= 0.3 is 12.1 Å². The predicted octanol–water partition coefficient (Wildman–Crippen LogP) is 2.98. The van der Waals surface area contributed by atoms with Gasteiger partial charge in [-0.1, -0.05) is 0 Å². The normalized spacial score (nSPS) is 16.9. The van der Waals surface area contributed by atoms with Crippen molar-refractivity contribution in [2.24, 2.45) is 5.92 Å². The highest BCUT2D eigenvalue weighted by Crippen LogP contribution is 2.23. The van der Waals surface area contributed by atoms with E-state index in [-0.39, 0.29) is 12.1 Å². The fourth-order valence-corrected chi connectivity index (χ4v) is 2.32. The van der Waals surface area contributed by atoms with Crippen LogP contribution in [0.5, 0.6) is 0 Å². The molecule has 1 heterocycles. The summed E-state index contributed by atoms with van der Waals surface area (Å²) in [6.45, 7) is 9.09. The molecule has 1 aliphatic heterocycles. The van der Waals surface area contributed by atoms with Crippen LogP contribution in [0.3, 0.4) is 0 Å². The van der Waals surface area contributed by atoms with Gasteiger partial charge < -0.3 is 14.4 Å². The molecule has 0 aromatic carbocycles. The zero-order valence-electron chi connectivity index (χ0n) is 13.1. The van der Waals surface area contributed by atoms with E-state index in [9.17, 15) is 9.59 Å². The Labute approximate surface area is 121 Å². The number of rotatable bonds is 4. The van der Waals surface area contributed by atoms with Gasteiger partial charge in [0.05, 0.1) is 6.61 Å². The maximum absolute atomic E-state index is 11.9. The molecule has 1 saturated heterocycles. The molecule has 1 fully saturated rings. The molecule has 1 aliphatic rings. The van der Waals surface area contributed by atoms with Crippen molar-refractivity contribution in [2.45, 2.75) is 59.0 Å². The third kappa shape index (κ3) is 6.78. The lowest BCUT2D eigenvalue weighted by molar-refractivity contribution is -0.141. The van der Waals surface area contributed by atoms with Gasteiger partial charge in [-0.15, -0.1) is 0 Å². The number of nitrogens with zero attached hydrogens (tertiary/aromatic N) is 1. The number of hydrogen-bond donors (Lipinski definition) is 0. The van der Waals surface area contributed by atoms with Crippen LogP contribution in [-0.4, -0.2) is 42.3 Å². The second-order valence-electron chi connectivity index (χ2n) is 6.39. The maximum Gasteiger partial charge on any atom is 0.410 e. The average Bonchev–Trinajstić information content (AvgIpc) is 2.33. The van der Waals surface area contributed by atoms with Crippen LogP contribution in [0, 0.1) is 5.92 Å². The highest BCUT2D eigenvalue weighted by atomic mass is 16.6. The first-order valence-corrected chi connectivity index (χ1v) is 7.39. The third-order valence-electron chi connectivity index (χ3n) is 3.33. The van der Waals surface area contributed by atoms with Crippen LogP contribution >= 0.6 is 0 Å². The lowest BCUT2D eigenvalue weighted by atomic mass is 9.92. The van der Waals surface area contributed by atoms with Gasteiger partial charge in [0, 0.05) is 20.0 Å². The highest BCUT2D eigenvalue weighted by Gasteiger charge is 2.26. The summed E-state index contributed by atoms with van der Waals surface area (Å²) in [6, 6.07) is 0.